The molecule has 0 aliphatic rings. The van der Waals surface area contributed by atoms with Gasteiger partial charge in [-0.2, -0.15) is 5.10 Å². The molecule has 0 radical (unpaired) electrons. The number of nitrogens with zero attached hydrogens (tertiary/aromatic N) is 3. The van der Waals surface area contributed by atoms with Gasteiger partial charge in [-0.15, -0.1) is 0 Å². The van der Waals surface area contributed by atoms with Crippen LogP contribution in [-0.4, -0.2) is 27.6 Å². The molecule has 0 spiro atoms. The molecule has 0 saturated heterocycles. The molecule has 0 aliphatic heterocycles. The number of pyridine rings is 1. The Hall–Kier alpha value is -2.73. The third-order valence-corrected chi connectivity index (χ3v) is 3.62. The number of rotatable bonds is 5. The first-order valence-electron chi connectivity index (χ1n) is 7.50. The second-order valence-corrected chi connectivity index (χ2v) is 5.36. The third-order valence-electron chi connectivity index (χ3n) is 3.62. The summed E-state index contributed by atoms with van der Waals surface area (Å²) in [7, 11) is 1.91. The molecule has 2 N–H and O–H groups in total. The number of aromatic nitrogens is 3. The van der Waals surface area contributed by atoms with Gasteiger partial charge in [-0.05, 0) is 37.2 Å². The van der Waals surface area contributed by atoms with Crippen molar-refractivity contribution in [3.8, 4) is 0 Å². The van der Waals surface area contributed by atoms with Gasteiger partial charge in [0.1, 0.15) is 5.82 Å². The van der Waals surface area contributed by atoms with Crippen LogP contribution in [0.2, 0.25) is 0 Å². The Kier molecular flexibility index (Phi) is 4.34. The largest absolute Gasteiger partial charge is 0.348 e. The average molecular weight is 309 g/mol. The smallest absolute Gasteiger partial charge is 0.253 e. The molecular weight excluding hydrogens is 290 g/mol. The maximum Gasteiger partial charge on any atom is 0.253 e. The van der Waals surface area contributed by atoms with E-state index in [2.05, 4.69) is 26.8 Å². The molecule has 118 valence electrons. The van der Waals surface area contributed by atoms with Crippen LogP contribution >= 0.6 is 0 Å². The van der Waals surface area contributed by atoms with Crippen LogP contribution in [-0.2, 0) is 13.1 Å². The summed E-state index contributed by atoms with van der Waals surface area (Å²) in [5.41, 5.74) is 3.58. The highest BCUT2D eigenvalue weighted by molar-refractivity contribution is 5.94. The van der Waals surface area contributed by atoms with Crippen LogP contribution in [0.5, 0.6) is 0 Å². The fourth-order valence-electron chi connectivity index (χ4n) is 2.50. The van der Waals surface area contributed by atoms with E-state index in [9.17, 15) is 4.79 Å². The predicted molar refractivity (Wildman–Crippen MR) is 88.1 cm³/mol. The molecule has 1 amide bonds. The van der Waals surface area contributed by atoms with E-state index in [1.54, 1.807) is 22.8 Å². The molecule has 0 saturated carbocycles. The number of hydrogen-bond acceptors (Lipinski definition) is 4. The number of fused-ring (bicyclic) bond motifs is 1. The summed E-state index contributed by atoms with van der Waals surface area (Å²) in [5.74, 6) is 0.558. The molecule has 0 unspecified atom stereocenters. The molecule has 6 nitrogen and oxygen atoms in total. The quantitative estimate of drug-likeness (QED) is 0.752. The summed E-state index contributed by atoms with van der Waals surface area (Å²) in [6, 6.07) is 11.6. The molecule has 1 aromatic carbocycles. The molecule has 23 heavy (non-hydrogen) atoms. The number of hydrogen-bond donors (Lipinski definition) is 2. The maximum atomic E-state index is 12.3. The average Bonchev–Trinajstić information content (AvgIpc) is 2.93. The molecular formula is C17H19N5O. The van der Waals surface area contributed by atoms with Crippen molar-refractivity contribution >= 4 is 11.6 Å². The van der Waals surface area contributed by atoms with Gasteiger partial charge in [0.25, 0.3) is 5.91 Å². The van der Waals surface area contributed by atoms with E-state index >= 15 is 0 Å². The van der Waals surface area contributed by atoms with Gasteiger partial charge in [0.15, 0.2) is 5.65 Å². The molecule has 0 aliphatic carbocycles. The van der Waals surface area contributed by atoms with Crippen molar-refractivity contribution < 1.29 is 4.79 Å². The Morgan fingerprint density at radius 2 is 1.87 bits per heavy atom. The monoisotopic (exact) mass is 309 g/mol. The first-order chi connectivity index (χ1) is 11.2. The minimum absolute atomic E-state index is 0.126. The molecule has 0 fully saturated rings. The van der Waals surface area contributed by atoms with Crippen molar-refractivity contribution in [3.05, 3.63) is 65.1 Å². The highest BCUT2D eigenvalue weighted by Crippen LogP contribution is 2.09. The number of benzene rings is 1. The number of nitrogens with one attached hydrogen (secondary N) is 2. The fraction of sp³-hybridized carbons (Fsp3) is 0.235. The van der Waals surface area contributed by atoms with Crippen molar-refractivity contribution in [1.29, 1.82) is 0 Å². The zero-order valence-electron chi connectivity index (χ0n) is 13.2. The topological polar surface area (TPSA) is 71.3 Å². The van der Waals surface area contributed by atoms with Gasteiger partial charge in [-0.3, -0.25) is 4.79 Å². The van der Waals surface area contributed by atoms with E-state index in [1.807, 2.05) is 32.2 Å². The molecule has 0 atom stereocenters. The Morgan fingerprint density at radius 1 is 1.13 bits per heavy atom. The van der Waals surface area contributed by atoms with Crippen LogP contribution in [0, 0.1) is 6.92 Å². The molecule has 3 aromatic rings. The van der Waals surface area contributed by atoms with Crippen LogP contribution in [0.1, 0.15) is 27.3 Å². The molecule has 2 heterocycles. The molecule has 0 bridgehead atoms. The van der Waals surface area contributed by atoms with Gasteiger partial charge in [0, 0.05) is 19.3 Å². The Morgan fingerprint density at radius 3 is 2.61 bits per heavy atom. The number of amides is 1. The minimum Gasteiger partial charge on any atom is -0.348 e. The van der Waals surface area contributed by atoms with Gasteiger partial charge in [0.2, 0.25) is 0 Å². The lowest BCUT2D eigenvalue weighted by atomic mass is 10.1. The van der Waals surface area contributed by atoms with Crippen molar-refractivity contribution in [1.82, 2.24) is 25.2 Å². The molecule has 6 heteroatoms. The van der Waals surface area contributed by atoms with Crippen molar-refractivity contribution in [2.24, 2.45) is 0 Å². The zero-order chi connectivity index (χ0) is 16.2. The normalized spacial score (nSPS) is 10.9. The third kappa shape index (κ3) is 3.37. The first kappa shape index (κ1) is 15.2. The Bertz CT molecular complexity index is 840. The lowest BCUT2D eigenvalue weighted by Gasteiger charge is -2.10. The summed E-state index contributed by atoms with van der Waals surface area (Å²) in [6.07, 6.45) is 1.70. The summed E-state index contributed by atoms with van der Waals surface area (Å²) < 4.78 is 1.62. The van der Waals surface area contributed by atoms with Crippen molar-refractivity contribution in [2.75, 3.05) is 7.05 Å². The second kappa shape index (κ2) is 6.58. The van der Waals surface area contributed by atoms with Gasteiger partial charge >= 0.3 is 0 Å². The minimum atomic E-state index is -0.126. The van der Waals surface area contributed by atoms with E-state index in [1.165, 1.54) is 5.56 Å². The number of carbonyl (C=O) groups excluding carboxylic acids is 1. The van der Waals surface area contributed by atoms with Crippen LogP contribution in [0.3, 0.4) is 0 Å². The lowest BCUT2D eigenvalue weighted by Crippen LogP contribution is -2.24. The van der Waals surface area contributed by atoms with E-state index in [4.69, 9.17) is 0 Å². The highest BCUT2D eigenvalue weighted by atomic mass is 16.1. The van der Waals surface area contributed by atoms with Crippen LogP contribution in [0.15, 0.2) is 42.6 Å². The highest BCUT2D eigenvalue weighted by Gasteiger charge is 2.09. The van der Waals surface area contributed by atoms with Crippen LogP contribution < -0.4 is 10.6 Å². The Labute approximate surface area is 134 Å². The van der Waals surface area contributed by atoms with Gasteiger partial charge in [0.05, 0.1) is 5.56 Å². The number of carbonyl (C=O) groups is 1. The summed E-state index contributed by atoms with van der Waals surface area (Å²) in [5, 5.41) is 10.3. The maximum absolute atomic E-state index is 12.3. The zero-order valence-corrected chi connectivity index (χ0v) is 13.2. The first-order valence-corrected chi connectivity index (χ1v) is 7.50. The van der Waals surface area contributed by atoms with Gasteiger partial charge < -0.3 is 10.6 Å². The van der Waals surface area contributed by atoms with E-state index in [0.29, 0.717) is 17.9 Å². The standard InChI is InChI=1S/C17H19N5O/c1-12-20-16-8-7-15(11-22(16)21-12)17(23)19-10-14-6-4-3-5-13(14)9-18-2/h3-8,11,18H,9-10H2,1-2H3,(H,19,23). The van der Waals surface area contributed by atoms with E-state index in [-0.39, 0.29) is 5.91 Å². The van der Waals surface area contributed by atoms with Gasteiger partial charge in [-0.25, -0.2) is 9.50 Å². The second-order valence-electron chi connectivity index (χ2n) is 5.36. The van der Waals surface area contributed by atoms with Crippen molar-refractivity contribution in [3.63, 3.8) is 0 Å². The Balaban J connectivity index is 1.73. The lowest BCUT2D eigenvalue weighted by molar-refractivity contribution is 0.0950. The SMILES string of the molecule is CNCc1ccccc1CNC(=O)c1ccc2nc(C)nn2c1. The molecule has 3 rings (SSSR count). The number of aryl methyl sites for hydroxylation is 1. The predicted octanol–water partition coefficient (Wildman–Crippen LogP) is 1.69. The fourth-order valence-corrected chi connectivity index (χ4v) is 2.50. The van der Waals surface area contributed by atoms with Crippen LogP contribution in [0.25, 0.3) is 5.65 Å². The van der Waals surface area contributed by atoms with Crippen LogP contribution in [0.4, 0.5) is 0 Å². The summed E-state index contributed by atoms with van der Waals surface area (Å²) >= 11 is 0. The van der Waals surface area contributed by atoms with Gasteiger partial charge in [-0.1, -0.05) is 24.3 Å². The summed E-state index contributed by atoms with van der Waals surface area (Å²) in [4.78, 5) is 16.6. The summed E-state index contributed by atoms with van der Waals surface area (Å²) in [6.45, 7) is 3.09. The van der Waals surface area contributed by atoms with Crippen molar-refractivity contribution in [2.45, 2.75) is 20.0 Å². The molecule has 2 aromatic heterocycles. The van der Waals surface area contributed by atoms with E-state index < -0.39 is 0 Å². The van der Waals surface area contributed by atoms with E-state index in [0.717, 1.165) is 17.8 Å².